The molecule has 0 radical (unpaired) electrons. The summed E-state index contributed by atoms with van der Waals surface area (Å²) in [4.78, 5) is 12.2. The van der Waals surface area contributed by atoms with Gasteiger partial charge in [-0.1, -0.05) is 23.7 Å². The first kappa shape index (κ1) is 15.6. The van der Waals surface area contributed by atoms with E-state index in [4.69, 9.17) is 16.3 Å². The number of halogens is 1. The maximum absolute atomic E-state index is 12.2. The quantitative estimate of drug-likeness (QED) is 0.916. The van der Waals surface area contributed by atoms with E-state index >= 15 is 0 Å². The van der Waals surface area contributed by atoms with Crippen molar-refractivity contribution in [3.63, 3.8) is 0 Å². The zero-order valence-electron chi connectivity index (χ0n) is 12.6. The van der Waals surface area contributed by atoms with Crippen LogP contribution in [0.1, 0.15) is 24.4 Å². The van der Waals surface area contributed by atoms with Crippen LogP contribution in [0, 0.1) is 0 Å². The Kier molecular flexibility index (Phi) is 4.98. The first-order valence-corrected chi connectivity index (χ1v) is 7.97. The first-order valence-electron chi connectivity index (χ1n) is 7.60. The van der Waals surface area contributed by atoms with Crippen molar-refractivity contribution < 1.29 is 9.53 Å². The minimum Gasteiger partial charge on any atom is -0.488 e. The molecule has 1 unspecified atom stereocenters. The van der Waals surface area contributed by atoms with Crippen LogP contribution in [0.2, 0.25) is 5.02 Å². The van der Waals surface area contributed by atoms with Crippen LogP contribution >= 0.6 is 11.6 Å². The molecule has 0 aliphatic carbocycles. The molecule has 0 saturated heterocycles. The zero-order chi connectivity index (χ0) is 16.1. The van der Waals surface area contributed by atoms with Crippen LogP contribution < -0.4 is 5.32 Å². The lowest BCUT2D eigenvalue weighted by Crippen LogP contribution is -2.33. The lowest BCUT2D eigenvalue weighted by Gasteiger charge is -2.20. The lowest BCUT2D eigenvalue weighted by atomic mass is 10.1. The molecule has 0 fully saturated rings. The molecule has 0 spiro atoms. The van der Waals surface area contributed by atoms with Crippen molar-refractivity contribution in [3.05, 3.63) is 65.1 Å². The van der Waals surface area contributed by atoms with E-state index in [0.717, 1.165) is 18.4 Å². The number of amides is 1. The van der Waals surface area contributed by atoms with Crippen LogP contribution in [0.4, 0.5) is 0 Å². The van der Waals surface area contributed by atoms with Gasteiger partial charge in [0.2, 0.25) is 0 Å². The molecule has 120 valence electrons. The molecule has 2 aromatic rings. The third-order valence-corrected chi connectivity index (χ3v) is 3.97. The Morgan fingerprint density at radius 3 is 2.87 bits per heavy atom. The van der Waals surface area contributed by atoms with Crippen molar-refractivity contribution in [2.24, 2.45) is 0 Å². The van der Waals surface area contributed by atoms with Gasteiger partial charge >= 0.3 is 0 Å². The standard InChI is InChI=1S/C17H18ClN3O2/c18-14-7-5-13(6-8-14)15(21-10-3-9-20-21)12-19-17(22)16-4-1-2-11-23-16/h3-10,15H,1-2,11-12H2,(H,19,22). The summed E-state index contributed by atoms with van der Waals surface area (Å²) in [6, 6.07) is 9.31. The summed E-state index contributed by atoms with van der Waals surface area (Å²) >= 11 is 5.95. The second-order valence-electron chi connectivity index (χ2n) is 5.32. The van der Waals surface area contributed by atoms with Crippen LogP contribution in [0.15, 0.2) is 54.6 Å². The van der Waals surface area contributed by atoms with Gasteiger partial charge in [0.15, 0.2) is 5.76 Å². The summed E-state index contributed by atoms with van der Waals surface area (Å²) in [5.74, 6) is 0.224. The van der Waals surface area contributed by atoms with E-state index in [9.17, 15) is 4.79 Å². The van der Waals surface area contributed by atoms with Gasteiger partial charge in [-0.2, -0.15) is 5.10 Å². The summed E-state index contributed by atoms with van der Waals surface area (Å²) in [5.41, 5.74) is 1.02. The maximum atomic E-state index is 12.2. The van der Waals surface area contributed by atoms with Gasteiger partial charge in [0.25, 0.3) is 5.91 Å². The van der Waals surface area contributed by atoms with Gasteiger partial charge in [0.05, 0.1) is 12.6 Å². The Hall–Kier alpha value is -2.27. The predicted octanol–water partition coefficient (Wildman–Crippen LogP) is 2.94. The first-order chi connectivity index (χ1) is 11.2. The number of nitrogens with zero attached hydrogens (tertiary/aromatic N) is 2. The average molecular weight is 332 g/mol. The molecule has 1 aromatic carbocycles. The van der Waals surface area contributed by atoms with Crippen LogP contribution in [0.3, 0.4) is 0 Å². The van der Waals surface area contributed by atoms with Crippen LogP contribution in [-0.2, 0) is 9.53 Å². The Balaban J connectivity index is 1.73. The lowest BCUT2D eigenvalue weighted by molar-refractivity contribution is -0.121. The van der Waals surface area contributed by atoms with Gasteiger partial charge in [-0.15, -0.1) is 0 Å². The third-order valence-electron chi connectivity index (χ3n) is 3.71. The fraction of sp³-hybridized carbons (Fsp3) is 0.294. The van der Waals surface area contributed by atoms with E-state index in [1.165, 1.54) is 0 Å². The fourth-order valence-electron chi connectivity index (χ4n) is 2.51. The Labute approximate surface area is 139 Å². The van der Waals surface area contributed by atoms with Crippen molar-refractivity contribution >= 4 is 17.5 Å². The van der Waals surface area contributed by atoms with Crippen molar-refractivity contribution in [1.82, 2.24) is 15.1 Å². The van der Waals surface area contributed by atoms with Crippen LogP contribution in [-0.4, -0.2) is 28.8 Å². The summed E-state index contributed by atoms with van der Waals surface area (Å²) in [7, 11) is 0. The predicted molar refractivity (Wildman–Crippen MR) is 88.1 cm³/mol. The number of benzene rings is 1. The minimum absolute atomic E-state index is 0.101. The second-order valence-corrected chi connectivity index (χ2v) is 5.76. The number of carbonyl (C=O) groups is 1. The highest BCUT2D eigenvalue weighted by molar-refractivity contribution is 6.30. The SMILES string of the molecule is O=C(NCC(c1ccc(Cl)cc1)n1cccn1)C1=CCCCO1. The van der Waals surface area contributed by atoms with Crippen molar-refractivity contribution in [2.75, 3.05) is 13.2 Å². The molecular formula is C17H18ClN3O2. The average Bonchev–Trinajstić information content (AvgIpc) is 3.11. The Bertz CT molecular complexity index is 680. The molecule has 1 aliphatic heterocycles. The van der Waals surface area contributed by atoms with Crippen molar-refractivity contribution in [1.29, 1.82) is 0 Å². The third kappa shape index (κ3) is 3.93. The number of aromatic nitrogens is 2. The summed E-state index contributed by atoms with van der Waals surface area (Å²) in [5, 5.41) is 7.90. The topological polar surface area (TPSA) is 56.2 Å². The summed E-state index contributed by atoms with van der Waals surface area (Å²) in [6.45, 7) is 1.02. The van der Waals surface area contributed by atoms with Gasteiger partial charge in [-0.05, 0) is 42.7 Å². The molecule has 0 bridgehead atoms. The Morgan fingerprint density at radius 2 is 2.22 bits per heavy atom. The van der Waals surface area contributed by atoms with Crippen LogP contribution in [0.25, 0.3) is 0 Å². The second kappa shape index (κ2) is 7.33. The normalized spacial score (nSPS) is 15.4. The highest BCUT2D eigenvalue weighted by Crippen LogP contribution is 2.20. The van der Waals surface area contributed by atoms with E-state index in [1.807, 2.05) is 47.3 Å². The van der Waals surface area contributed by atoms with Gasteiger partial charge in [-0.25, -0.2) is 0 Å². The van der Waals surface area contributed by atoms with Gasteiger partial charge < -0.3 is 10.1 Å². The highest BCUT2D eigenvalue weighted by Gasteiger charge is 2.18. The van der Waals surface area contributed by atoms with E-state index in [-0.39, 0.29) is 11.9 Å². The molecule has 1 aromatic heterocycles. The Morgan fingerprint density at radius 1 is 1.39 bits per heavy atom. The van der Waals surface area contributed by atoms with E-state index in [0.29, 0.717) is 23.9 Å². The number of rotatable bonds is 5. The summed E-state index contributed by atoms with van der Waals surface area (Å²) < 4.78 is 7.21. The van der Waals surface area contributed by atoms with Crippen molar-refractivity contribution in [3.8, 4) is 0 Å². The smallest absolute Gasteiger partial charge is 0.286 e. The van der Waals surface area contributed by atoms with E-state index in [1.54, 1.807) is 6.20 Å². The largest absolute Gasteiger partial charge is 0.488 e. The molecule has 0 saturated carbocycles. The summed E-state index contributed by atoms with van der Waals surface area (Å²) in [6.07, 6.45) is 7.27. The molecule has 2 heterocycles. The number of allylic oxidation sites excluding steroid dienone is 1. The van der Waals surface area contributed by atoms with Gasteiger partial charge in [-0.3, -0.25) is 9.48 Å². The maximum Gasteiger partial charge on any atom is 0.286 e. The van der Waals surface area contributed by atoms with Gasteiger partial charge in [0.1, 0.15) is 0 Å². The number of ether oxygens (including phenoxy) is 1. The molecule has 1 atom stereocenters. The minimum atomic E-state index is -0.184. The molecular weight excluding hydrogens is 314 g/mol. The number of hydrogen-bond acceptors (Lipinski definition) is 3. The molecule has 5 nitrogen and oxygen atoms in total. The molecule has 1 amide bonds. The van der Waals surface area contributed by atoms with Crippen molar-refractivity contribution in [2.45, 2.75) is 18.9 Å². The van der Waals surface area contributed by atoms with Crippen LogP contribution in [0.5, 0.6) is 0 Å². The molecule has 23 heavy (non-hydrogen) atoms. The van der Waals surface area contributed by atoms with E-state index < -0.39 is 0 Å². The highest BCUT2D eigenvalue weighted by atomic mass is 35.5. The number of nitrogens with one attached hydrogen (secondary N) is 1. The molecule has 1 aliphatic rings. The molecule has 3 rings (SSSR count). The fourth-order valence-corrected chi connectivity index (χ4v) is 2.63. The molecule has 6 heteroatoms. The van der Waals surface area contributed by atoms with Gasteiger partial charge in [0, 0.05) is 24.0 Å². The number of carbonyl (C=O) groups excluding carboxylic acids is 1. The monoisotopic (exact) mass is 331 g/mol. The van der Waals surface area contributed by atoms with E-state index in [2.05, 4.69) is 10.4 Å². The zero-order valence-corrected chi connectivity index (χ0v) is 13.4. The number of hydrogen-bond donors (Lipinski definition) is 1. The molecule has 1 N–H and O–H groups in total.